The molecular weight excluding hydrogens is 262 g/mol. The maximum atomic E-state index is 12.1. The van der Waals surface area contributed by atoms with E-state index in [-0.39, 0.29) is 5.97 Å². The topological polar surface area (TPSA) is 29.5 Å². The molecule has 0 heterocycles. The number of nitrogens with zero attached hydrogens (tertiary/aromatic N) is 1. The minimum absolute atomic E-state index is 0.310. The van der Waals surface area contributed by atoms with E-state index < -0.39 is 0 Å². The molecule has 1 aliphatic carbocycles. The predicted molar refractivity (Wildman–Crippen MR) is 82.6 cm³/mol. The van der Waals surface area contributed by atoms with Crippen LogP contribution >= 0.6 is 0 Å². The summed E-state index contributed by atoms with van der Waals surface area (Å²) in [4.78, 5) is 14.3. The van der Waals surface area contributed by atoms with Crippen LogP contribution in [0.5, 0.6) is 5.75 Å². The molecule has 0 bridgehead atoms. The van der Waals surface area contributed by atoms with E-state index in [1.807, 2.05) is 30.3 Å². The van der Waals surface area contributed by atoms with Gasteiger partial charge in [-0.1, -0.05) is 24.3 Å². The molecule has 3 nitrogen and oxygen atoms in total. The number of hydrogen-bond acceptors (Lipinski definition) is 3. The molecule has 0 unspecified atom stereocenters. The van der Waals surface area contributed by atoms with Crippen LogP contribution in [-0.4, -0.2) is 25.0 Å². The Labute approximate surface area is 125 Å². The summed E-state index contributed by atoms with van der Waals surface area (Å²) in [6, 6.07) is 15.5. The van der Waals surface area contributed by atoms with Crippen molar-refractivity contribution in [1.82, 2.24) is 4.90 Å². The summed E-state index contributed by atoms with van der Waals surface area (Å²) in [7, 11) is 4.17. The second-order valence-electron chi connectivity index (χ2n) is 5.63. The summed E-state index contributed by atoms with van der Waals surface area (Å²) in [6.07, 6.45) is 2.21. The maximum absolute atomic E-state index is 12.1. The summed E-state index contributed by atoms with van der Waals surface area (Å²) in [5.41, 5.74) is 3.20. The average Bonchev–Trinajstić information content (AvgIpc) is 2.91. The highest BCUT2D eigenvalue weighted by Gasteiger charge is 2.24. The second kappa shape index (κ2) is 5.70. The van der Waals surface area contributed by atoms with Gasteiger partial charge in [0.1, 0.15) is 5.75 Å². The Balaban J connectivity index is 1.82. The molecule has 2 aromatic rings. The molecule has 0 radical (unpaired) electrons. The van der Waals surface area contributed by atoms with Gasteiger partial charge in [0.05, 0.1) is 5.56 Å². The number of aryl methyl sites for hydroxylation is 1. The van der Waals surface area contributed by atoms with E-state index in [9.17, 15) is 4.79 Å². The molecule has 0 saturated heterocycles. The highest BCUT2D eigenvalue weighted by atomic mass is 16.5. The van der Waals surface area contributed by atoms with Gasteiger partial charge >= 0.3 is 5.97 Å². The fraction of sp³-hybridized carbons (Fsp3) is 0.278. The predicted octanol–water partition coefficient (Wildman–Crippen LogP) is 3.45. The number of carbonyl (C=O) groups is 1. The van der Waals surface area contributed by atoms with Crippen molar-refractivity contribution < 1.29 is 9.53 Å². The fourth-order valence-electron chi connectivity index (χ4n) is 2.90. The van der Waals surface area contributed by atoms with E-state index in [0.717, 1.165) is 12.8 Å². The number of fused-ring (bicyclic) bond motifs is 1. The number of carbonyl (C=O) groups excluding carboxylic acids is 1. The fourth-order valence-corrected chi connectivity index (χ4v) is 2.90. The third-order valence-electron chi connectivity index (χ3n) is 4.01. The van der Waals surface area contributed by atoms with Gasteiger partial charge in [0.25, 0.3) is 0 Å². The van der Waals surface area contributed by atoms with Crippen molar-refractivity contribution in [1.29, 1.82) is 0 Å². The SMILES string of the molecule is CN(C)[C@@H]1CCc2ccc(OC(=O)c3ccccc3)cc21. The Morgan fingerprint density at radius 1 is 1.14 bits per heavy atom. The van der Waals surface area contributed by atoms with Crippen molar-refractivity contribution in [2.45, 2.75) is 18.9 Å². The molecule has 21 heavy (non-hydrogen) atoms. The molecule has 0 aromatic heterocycles. The number of esters is 1. The first-order valence-electron chi connectivity index (χ1n) is 7.21. The number of benzene rings is 2. The summed E-state index contributed by atoms with van der Waals surface area (Å²) in [5, 5.41) is 0. The lowest BCUT2D eigenvalue weighted by atomic mass is 10.1. The van der Waals surface area contributed by atoms with E-state index in [2.05, 4.69) is 25.1 Å². The molecule has 108 valence electrons. The first kappa shape index (κ1) is 13.8. The van der Waals surface area contributed by atoms with Crippen LogP contribution in [-0.2, 0) is 6.42 Å². The molecule has 2 aromatic carbocycles. The normalized spacial score (nSPS) is 16.8. The van der Waals surface area contributed by atoms with Gasteiger partial charge in [-0.3, -0.25) is 0 Å². The van der Waals surface area contributed by atoms with Crippen molar-refractivity contribution in [2.75, 3.05) is 14.1 Å². The van der Waals surface area contributed by atoms with Gasteiger partial charge in [0.2, 0.25) is 0 Å². The minimum atomic E-state index is -0.310. The van der Waals surface area contributed by atoms with Crippen molar-refractivity contribution in [3.05, 3.63) is 65.2 Å². The van der Waals surface area contributed by atoms with E-state index in [0.29, 0.717) is 17.4 Å². The van der Waals surface area contributed by atoms with Gasteiger partial charge in [0, 0.05) is 6.04 Å². The van der Waals surface area contributed by atoms with Gasteiger partial charge in [-0.05, 0) is 62.3 Å². The molecule has 1 aliphatic rings. The van der Waals surface area contributed by atoms with Gasteiger partial charge < -0.3 is 9.64 Å². The van der Waals surface area contributed by atoms with Gasteiger partial charge in [-0.25, -0.2) is 4.79 Å². The summed E-state index contributed by atoms with van der Waals surface area (Å²) >= 11 is 0. The summed E-state index contributed by atoms with van der Waals surface area (Å²) < 4.78 is 5.50. The molecule has 0 saturated carbocycles. The van der Waals surface area contributed by atoms with Crippen LogP contribution in [0.2, 0.25) is 0 Å². The highest BCUT2D eigenvalue weighted by molar-refractivity contribution is 5.91. The first-order valence-corrected chi connectivity index (χ1v) is 7.21. The first-order chi connectivity index (χ1) is 10.1. The van der Waals surface area contributed by atoms with Crippen molar-refractivity contribution in [2.24, 2.45) is 0 Å². The number of hydrogen-bond donors (Lipinski definition) is 0. The molecular formula is C18H19NO2. The molecule has 0 fully saturated rings. The highest BCUT2D eigenvalue weighted by Crippen LogP contribution is 2.36. The van der Waals surface area contributed by atoms with Gasteiger partial charge in [-0.15, -0.1) is 0 Å². The average molecular weight is 281 g/mol. The summed E-state index contributed by atoms with van der Waals surface area (Å²) in [5.74, 6) is 0.311. The lowest BCUT2D eigenvalue weighted by Gasteiger charge is -2.20. The lowest BCUT2D eigenvalue weighted by Crippen LogP contribution is -2.17. The molecule has 1 atom stereocenters. The maximum Gasteiger partial charge on any atom is 0.343 e. The third kappa shape index (κ3) is 2.83. The summed E-state index contributed by atoms with van der Waals surface area (Å²) in [6.45, 7) is 0. The second-order valence-corrected chi connectivity index (χ2v) is 5.63. The van der Waals surface area contributed by atoms with E-state index in [4.69, 9.17) is 4.74 Å². The largest absolute Gasteiger partial charge is 0.423 e. The van der Waals surface area contributed by atoms with E-state index in [1.54, 1.807) is 12.1 Å². The molecule has 3 rings (SSSR count). The third-order valence-corrected chi connectivity index (χ3v) is 4.01. The van der Waals surface area contributed by atoms with Crippen LogP contribution in [0.25, 0.3) is 0 Å². The standard InChI is InChI=1S/C18H19NO2/c1-19(2)17-11-9-13-8-10-15(12-16(13)17)21-18(20)14-6-4-3-5-7-14/h3-8,10,12,17H,9,11H2,1-2H3/t17-/m1/s1. The Kier molecular flexibility index (Phi) is 3.76. The molecule has 0 amide bonds. The van der Waals surface area contributed by atoms with Crippen LogP contribution in [0.3, 0.4) is 0 Å². The molecule has 0 N–H and O–H groups in total. The Morgan fingerprint density at radius 3 is 2.62 bits per heavy atom. The minimum Gasteiger partial charge on any atom is -0.423 e. The van der Waals surface area contributed by atoms with Crippen LogP contribution < -0.4 is 4.74 Å². The van der Waals surface area contributed by atoms with Crippen LogP contribution in [0.15, 0.2) is 48.5 Å². The smallest absolute Gasteiger partial charge is 0.343 e. The number of rotatable bonds is 3. The van der Waals surface area contributed by atoms with Crippen LogP contribution in [0, 0.1) is 0 Å². The van der Waals surface area contributed by atoms with Crippen LogP contribution in [0.1, 0.15) is 33.9 Å². The Morgan fingerprint density at radius 2 is 1.90 bits per heavy atom. The van der Waals surface area contributed by atoms with Crippen molar-refractivity contribution >= 4 is 5.97 Å². The Bertz CT molecular complexity index is 650. The van der Waals surface area contributed by atoms with Crippen LogP contribution in [0.4, 0.5) is 0 Å². The van der Waals surface area contributed by atoms with E-state index in [1.165, 1.54) is 11.1 Å². The molecule has 3 heteroatoms. The lowest BCUT2D eigenvalue weighted by molar-refractivity contribution is 0.0734. The zero-order chi connectivity index (χ0) is 14.8. The van der Waals surface area contributed by atoms with Crippen molar-refractivity contribution in [3.63, 3.8) is 0 Å². The molecule has 0 aliphatic heterocycles. The van der Waals surface area contributed by atoms with Crippen molar-refractivity contribution in [3.8, 4) is 5.75 Å². The zero-order valence-electron chi connectivity index (χ0n) is 12.4. The quantitative estimate of drug-likeness (QED) is 0.637. The monoisotopic (exact) mass is 281 g/mol. The van der Waals surface area contributed by atoms with Gasteiger partial charge in [0.15, 0.2) is 0 Å². The zero-order valence-corrected chi connectivity index (χ0v) is 12.4. The van der Waals surface area contributed by atoms with E-state index >= 15 is 0 Å². The Hall–Kier alpha value is -2.13. The van der Waals surface area contributed by atoms with Gasteiger partial charge in [-0.2, -0.15) is 0 Å². The molecule has 0 spiro atoms. The number of ether oxygens (including phenoxy) is 1.